The fourth-order valence-corrected chi connectivity index (χ4v) is 3.24. The van der Waals surface area contributed by atoms with Crippen LogP contribution in [0.4, 0.5) is 0 Å². The highest BCUT2D eigenvalue weighted by atomic mass is 79.9. The second-order valence-corrected chi connectivity index (χ2v) is 5.97. The van der Waals surface area contributed by atoms with Crippen molar-refractivity contribution in [3.63, 3.8) is 0 Å². The Morgan fingerprint density at radius 3 is 2.81 bits per heavy atom. The van der Waals surface area contributed by atoms with Crippen molar-refractivity contribution in [2.45, 2.75) is 61.9 Å². The van der Waals surface area contributed by atoms with Crippen molar-refractivity contribution in [2.24, 2.45) is 0 Å². The van der Waals surface area contributed by atoms with Crippen LogP contribution in [0.15, 0.2) is 0 Å². The van der Waals surface area contributed by atoms with E-state index >= 15 is 0 Å². The summed E-state index contributed by atoms with van der Waals surface area (Å²) in [6, 6.07) is 0.344. The first-order valence-corrected chi connectivity index (χ1v) is 7.22. The maximum atomic E-state index is 11.7. The number of carbonyl (C=O) groups excluding carboxylic acids is 1. The molecule has 1 saturated carbocycles. The Bertz CT molecular complexity index is 241. The van der Waals surface area contributed by atoms with Crippen molar-refractivity contribution in [3.05, 3.63) is 0 Å². The third-order valence-electron chi connectivity index (χ3n) is 3.50. The van der Waals surface area contributed by atoms with E-state index in [-0.39, 0.29) is 5.91 Å². The highest BCUT2D eigenvalue weighted by Gasteiger charge is 2.26. The summed E-state index contributed by atoms with van der Waals surface area (Å²) in [7, 11) is 0. The van der Waals surface area contributed by atoms with Gasteiger partial charge in [0.2, 0.25) is 5.91 Å². The number of nitrogens with one attached hydrogen (secondary N) is 1. The molecule has 92 valence electrons. The van der Waals surface area contributed by atoms with Crippen molar-refractivity contribution >= 4 is 21.8 Å². The molecule has 0 aromatic carbocycles. The topological polar surface area (TPSA) is 38.3 Å². The van der Waals surface area contributed by atoms with Crippen LogP contribution in [0.3, 0.4) is 0 Å². The average molecular weight is 290 g/mol. The first kappa shape index (κ1) is 12.4. The maximum absolute atomic E-state index is 11.7. The van der Waals surface area contributed by atoms with Gasteiger partial charge in [0.15, 0.2) is 0 Å². The number of hydrogen-bond acceptors (Lipinski definition) is 2. The van der Waals surface area contributed by atoms with Gasteiger partial charge in [-0.25, -0.2) is 0 Å². The molecular formula is C12H20BrNO2. The number of carbonyl (C=O) groups is 1. The lowest BCUT2D eigenvalue weighted by molar-refractivity contribution is -0.122. The van der Waals surface area contributed by atoms with E-state index < -0.39 is 0 Å². The number of rotatable bonds is 4. The molecule has 0 bridgehead atoms. The first-order chi connectivity index (χ1) is 7.75. The molecule has 4 heteroatoms. The zero-order valence-electron chi connectivity index (χ0n) is 9.58. The van der Waals surface area contributed by atoms with Crippen LogP contribution < -0.4 is 5.32 Å². The predicted molar refractivity (Wildman–Crippen MR) is 66.7 cm³/mol. The summed E-state index contributed by atoms with van der Waals surface area (Å²) in [4.78, 5) is 12.2. The highest BCUT2D eigenvalue weighted by molar-refractivity contribution is 9.09. The van der Waals surface area contributed by atoms with Gasteiger partial charge in [0.25, 0.3) is 0 Å². The second kappa shape index (κ2) is 6.01. The summed E-state index contributed by atoms with van der Waals surface area (Å²) in [5, 5.41) is 3.11. The zero-order valence-corrected chi connectivity index (χ0v) is 11.2. The van der Waals surface area contributed by atoms with Crippen LogP contribution in [0, 0.1) is 0 Å². The lowest BCUT2D eigenvalue weighted by Gasteiger charge is -2.16. The zero-order chi connectivity index (χ0) is 11.4. The molecule has 1 aliphatic heterocycles. The van der Waals surface area contributed by atoms with E-state index in [1.165, 1.54) is 12.8 Å². The molecule has 1 saturated heterocycles. The quantitative estimate of drug-likeness (QED) is 0.807. The molecule has 2 fully saturated rings. The Hall–Kier alpha value is -0.0900. The highest BCUT2D eigenvalue weighted by Crippen LogP contribution is 2.25. The van der Waals surface area contributed by atoms with E-state index in [0.29, 0.717) is 23.4 Å². The first-order valence-electron chi connectivity index (χ1n) is 6.31. The fraction of sp³-hybridized carbons (Fsp3) is 0.917. The van der Waals surface area contributed by atoms with Gasteiger partial charge in [-0.15, -0.1) is 0 Å². The monoisotopic (exact) mass is 289 g/mol. The van der Waals surface area contributed by atoms with Crippen molar-refractivity contribution in [1.82, 2.24) is 5.32 Å². The molecule has 0 spiro atoms. The van der Waals surface area contributed by atoms with Crippen LogP contribution in [-0.2, 0) is 9.53 Å². The minimum absolute atomic E-state index is 0.187. The normalized spacial score (nSPS) is 34.2. The fourth-order valence-electron chi connectivity index (χ4n) is 2.52. The van der Waals surface area contributed by atoms with Crippen molar-refractivity contribution in [1.29, 1.82) is 0 Å². The Morgan fingerprint density at radius 2 is 2.19 bits per heavy atom. The summed E-state index contributed by atoms with van der Waals surface area (Å²) in [6.07, 6.45) is 7.60. The van der Waals surface area contributed by atoms with Crippen LogP contribution in [-0.4, -0.2) is 29.5 Å². The van der Waals surface area contributed by atoms with Gasteiger partial charge in [0.05, 0.1) is 6.10 Å². The molecule has 1 heterocycles. The van der Waals surface area contributed by atoms with Crippen molar-refractivity contribution in [2.75, 3.05) is 6.61 Å². The van der Waals surface area contributed by atoms with E-state index in [1.807, 2.05) is 0 Å². The Balaban J connectivity index is 1.63. The number of alkyl halides is 1. The molecule has 16 heavy (non-hydrogen) atoms. The molecule has 2 aliphatic rings. The SMILES string of the molecule is O=C(CCC1CCCO1)NC1CCCC1Br. The molecular weight excluding hydrogens is 270 g/mol. The lowest BCUT2D eigenvalue weighted by Crippen LogP contribution is -2.37. The van der Waals surface area contributed by atoms with Gasteiger partial charge in [-0.1, -0.05) is 22.4 Å². The Morgan fingerprint density at radius 1 is 1.31 bits per heavy atom. The van der Waals surface area contributed by atoms with Crippen LogP contribution in [0.25, 0.3) is 0 Å². The van der Waals surface area contributed by atoms with E-state index in [1.54, 1.807) is 0 Å². The van der Waals surface area contributed by atoms with Crippen LogP contribution in [0.2, 0.25) is 0 Å². The van der Waals surface area contributed by atoms with E-state index in [2.05, 4.69) is 21.2 Å². The van der Waals surface area contributed by atoms with Gasteiger partial charge in [-0.2, -0.15) is 0 Å². The molecule has 2 rings (SSSR count). The Kier molecular flexibility index (Phi) is 4.65. The van der Waals surface area contributed by atoms with E-state index in [9.17, 15) is 4.79 Å². The number of hydrogen-bond donors (Lipinski definition) is 1. The van der Waals surface area contributed by atoms with Crippen molar-refractivity contribution < 1.29 is 9.53 Å². The second-order valence-electron chi connectivity index (χ2n) is 4.79. The van der Waals surface area contributed by atoms with Gasteiger partial charge in [-0.05, 0) is 32.1 Å². The molecule has 1 N–H and O–H groups in total. The number of amides is 1. The average Bonchev–Trinajstić information content (AvgIpc) is 2.88. The van der Waals surface area contributed by atoms with Gasteiger partial charge < -0.3 is 10.1 Å². The minimum atomic E-state index is 0.187. The number of halogens is 1. The molecule has 1 amide bonds. The summed E-state index contributed by atoms with van der Waals surface area (Å²) in [6.45, 7) is 0.873. The van der Waals surface area contributed by atoms with Gasteiger partial charge in [-0.3, -0.25) is 4.79 Å². The molecule has 0 radical (unpaired) electrons. The van der Waals surface area contributed by atoms with Crippen LogP contribution >= 0.6 is 15.9 Å². The van der Waals surface area contributed by atoms with Crippen molar-refractivity contribution in [3.8, 4) is 0 Å². The van der Waals surface area contributed by atoms with Gasteiger partial charge >= 0.3 is 0 Å². The predicted octanol–water partition coefficient (Wildman–Crippen LogP) is 2.38. The number of ether oxygens (including phenoxy) is 1. The van der Waals surface area contributed by atoms with Gasteiger partial charge in [0, 0.05) is 23.9 Å². The van der Waals surface area contributed by atoms with E-state index in [0.717, 1.165) is 32.3 Å². The summed E-state index contributed by atoms with van der Waals surface area (Å²) < 4.78 is 5.51. The maximum Gasteiger partial charge on any atom is 0.220 e. The molecule has 3 unspecified atom stereocenters. The molecule has 0 aromatic heterocycles. The molecule has 3 atom stereocenters. The Labute approximate surface area is 105 Å². The molecule has 1 aliphatic carbocycles. The lowest BCUT2D eigenvalue weighted by atomic mass is 10.1. The standard InChI is InChI=1S/C12H20BrNO2/c13-10-4-1-5-11(10)14-12(15)7-6-9-3-2-8-16-9/h9-11H,1-8H2,(H,14,15). The molecule has 0 aromatic rings. The third-order valence-corrected chi connectivity index (χ3v) is 4.59. The summed E-state index contributed by atoms with van der Waals surface area (Å²) >= 11 is 3.61. The minimum Gasteiger partial charge on any atom is -0.378 e. The molecule has 3 nitrogen and oxygen atoms in total. The summed E-state index contributed by atoms with van der Waals surface area (Å²) in [5.74, 6) is 0.187. The smallest absolute Gasteiger partial charge is 0.220 e. The van der Waals surface area contributed by atoms with E-state index in [4.69, 9.17) is 4.74 Å². The third kappa shape index (κ3) is 3.45. The van der Waals surface area contributed by atoms with Crippen LogP contribution in [0.1, 0.15) is 44.9 Å². The summed E-state index contributed by atoms with van der Waals surface area (Å²) in [5.41, 5.74) is 0. The van der Waals surface area contributed by atoms with Crippen LogP contribution in [0.5, 0.6) is 0 Å². The largest absolute Gasteiger partial charge is 0.378 e. The van der Waals surface area contributed by atoms with Gasteiger partial charge in [0.1, 0.15) is 0 Å².